The summed E-state index contributed by atoms with van der Waals surface area (Å²) in [7, 11) is 0. The first kappa shape index (κ1) is 21.9. The molecule has 0 rings (SSSR count). The molecule has 0 aliphatic rings. The summed E-state index contributed by atoms with van der Waals surface area (Å²) in [5.74, 6) is 1.18. The summed E-state index contributed by atoms with van der Waals surface area (Å²) in [5, 5.41) is 0. The van der Waals surface area contributed by atoms with Crippen LogP contribution >= 0.6 is 17.9 Å². The van der Waals surface area contributed by atoms with Crippen LogP contribution in [0.2, 0.25) is 0 Å². The number of thiol groups is 1. The molecule has 0 spiro atoms. The Morgan fingerprint density at radius 1 is 0.857 bits per heavy atom. The molecule has 0 bridgehead atoms. The molecule has 2 nitrogen and oxygen atoms in total. The fraction of sp³-hybridized carbons (Fsp3) is 1.00. The van der Waals surface area contributed by atoms with Crippen LogP contribution in [0.3, 0.4) is 0 Å². The van der Waals surface area contributed by atoms with Crippen LogP contribution < -0.4 is 0 Å². The minimum absolute atomic E-state index is 0.588. The SMILES string of the molecule is CCCCC(CC)COP(=S)(S)OCC(CC)CCCC. The Balaban J connectivity index is 4.08. The quantitative estimate of drug-likeness (QED) is 0.280. The van der Waals surface area contributed by atoms with Gasteiger partial charge in [0.05, 0.1) is 13.2 Å². The van der Waals surface area contributed by atoms with Crippen molar-refractivity contribution in [3.63, 3.8) is 0 Å². The maximum absolute atomic E-state index is 5.85. The zero-order chi connectivity index (χ0) is 16.1. The van der Waals surface area contributed by atoms with Crippen LogP contribution in [-0.4, -0.2) is 13.2 Å². The van der Waals surface area contributed by atoms with Gasteiger partial charge in [-0.25, -0.2) is 0 Å². The molecule has 0 aliphatic heterocycles. The topological polar surface area (TPSA) is 18.5 Å². The number of unbranched alkanes of at least 4 members (excludes halogenated alkanes) is 2. The maximum Gasteiger partial charge on any atom is 0.244 e. The van der Waals surface area contributed by atoms with Gasteiger partial charge in [-0.1, -0.05) is 78.5 Å². The van der Waals surface area contributed by atoms with E-state index >= 15 is 0 Å². The second-order valence-corrected chi connectivity index (χ2v) is 11.2. The Hall–Kier alpha value is 0.920. The van der Waals surface area contributed by atoms with E-state index in [0.717, 1.165) is 12.8 Å². The minimum atomic E-state index is -2.36. The highest BCUT2D eigenvalue weighted by molar-refractivity contribution is 8.60. The van der Waals surface area contributed by atoms with Gasteiger partial charge in [0.15, 0.2) is 0 Å². The van der Waals surface area contributed by atoms with Crippen molar-refractivity contribution in [2.75, 3.05) is 13.2 Å². The second-order valence-electron chi connectivity index (χ2n) is 5.89. The highest BCUT2D eigenvalue weighted by Crippen LogP contribution is 2.54. The third-order valence-electron chi connectivity index (χ3n) is 4.03. The molecule has 0 saturated heterocycles. The number of hydrogen-bond acceptors (Lipinski definition) is 3. The molecule has 0 radical (unpaired) electrons. The van der Waals surface area contributed by atoms with Crippen LogP contribution in [0.25, 0.3) is 0 Å². The average molecular weight is 355 g/mol. The third-order valence-corrected chi connectivity index (χ3v) is 6.31. The molecule has 0 aromatic heterocycles. The van der Waals surface area contributed by atoms with E-state index in [9.17, 15) is 0 Å². The molecular weight excluding hydrogens is 319 g/mol. The molecule has 21 heavy (non-hydrogen) atoms. The Bertz CT molecular complexity index is 263. The molecule has 2 unspecified atom stereocenters. The van der Waals surface area contributed by atoms with E-state index in [4.69, 9.17) is 20.9 Å². The van der Waals surface area contributed by atoms with Gasteiger partial charge < -0.3 is 9.05 Å². The normalized spacial score (nSPS) is 17.4. The van der Waals surface area contributed by atoms with Gasteiger partial charge in [-0.3, -0.25) is 0 Å². The molecule has 5 heteroatoms. The fourth-order valence-electron chi connectivity index (χ4n) is 2.23. The van der Waals surface area contributed by atoms with Crippen molar-refractivity contribution in [2.45, 2.75) is 79.1 Å². The monoisotopic (exact) mass is 354 g/mol. The molecule has 0 fully saturated rings. The summed E-state index contributed by atoms with van der Waals surface area (Å²) in [6, 6.07) is 0. The summed E-state index contributed by atoms with van der Waals surface area (Å²) in [6.45, 7) is 10.3. The van der Waals surface area contributed by atoms with Gasteiger partial charge in [-0.05, 0) is 36.5 Å². The lowest BCUT2D eigenvalue weighted by Crippen LogP contribution is -2.10. The van der Waals surface area contributed by atoms with E-state index in [-0.39, 0.29) is 0 Å². The molecule has 0 aromatic rings. The number of hydrogen-bond donors (Lipinski definition) is 1. The van der Waals surface area contributed by atoms with E-state index in [1.54, 1.807) is 0 Å². The molecule has 128 valence electrons. The van der Waals surface area contributed by atoms with Crippen LogP contribution in [0.4, 0.5) is 0 Å². The van der Waals surface area contributed by atoms with Crippen molar-refractivity contribution >= 4 is 29.7 Å². The van der Waals surface area contributed by atoms with Crippen LogP contribution in [0, 0.1) is 11.8 Å². The molecule has 2 atom stereocenters. The van der Waals surface area contributed by atoms with Gasteiger partial charge in [0.25, 0.3) is 0 Å². The molecular formula is C16H35O2PS2. The van der Waals surface area contributed by atoms with E-state index < -0.39 is 5.69 Å². The van der Waals surface area contributed by atoms with Crippen LogP contribution in [0.1, 0.15) is 79.1 Å². The second kappa shape index (κ2) is 13.4. The van der Waals surface area contributed by atoms with Crippen LogP contribution in [0.5, 0.6) is 0 Å². The molecule has 0 aromatic carbocycles. The van der Waals surface area contributed by atoms with E-state index in [1.807, 2.05) is 0 Å². The van der Waals surface area contributed by atoms with Gasteiger partial charge in [-0.2, -0.15) is 0 Å². The molecule has 0 N–H and O–H groups in total. The Labute approximate surface area is 143 Å². The first-order valence-electron chi connectivity index (χ1n) is 8.60. The molecule has 0 aliphatic carbocycles. The summed E-state index contributed by atoms with van der Waals surface area (Å²) >= 11 is 9.91. The Morgan fingerprint density at radius 2 is 1.24 bits per heavy atom. The third kappa shape index (κ3) is 12.1. The van der Waals surface area contributed by atoms with Crippen molar-refractivity contribution in [1.82, 2.24) is 0 Å². The van der Waals surface area contributed by atoms with E-state index in [2.05, 4.69) is 39.9 Å². The van der Waals surface area contributed by atoms with Crippen molar-refractivity contribution in [2.24, 2.45) is 11.8 Å². The lowest BCUT2D eigenvalue weighted by atomic mass is 10.0. The summed E-state index contributed by atoms with van der Waals surface area (Å²) in [4.78, 5) is 0. The van der Waals surface area contributed by atoms with Gasteiger partial charge in [0, 0.05) is 0 Å². The molecule has 0 amide bonds. The Kier molecular flexibility index (Phi) is 14.0. The zero-order valence-electron chi connectivity index (χ0n) is 14.3. The molecule has 0 heterocycles. The van der Waals surface area contributed by atoms with Crippen molar-refractivity contribution in [1.29, 1.82) is 0 Å². The van der Waals surface area contributed by atoms with Gasteiger partial charge in [-0.15, -0.1) is 0 Å². The van der Waals surface area contributed by atoms with Crippen LogP contribution in [-0.2, 0) is 20.9 Å². The summed E-state index contributed by atoms with van der Waals surface area (Å²) in [6.07, 6.45) is 9.68. The molecule has 0 saturated carbocycles. The largest absolute Gasteiger partial charge is 0.322 e. The van der Waals surface area contributed by atoms with Crippen LogP contribution in [0.15, 0.2) is 0 Å². The van der Waals surface area contributed by atoms with Gasteiger partial charge in [0.1, 0.15) is 0 Å². The van der Waals surface area contributed by atoms with E-state index in [1.165, 1.54) is 38.5 Å². The Morgan fingerprint density at radius 3 is 1.52 bits per heavy atom. The lowest BCUT2D eigenvalue weighted by Gasteiger charge is -2.23. The van der Waals surface area contributed by atoms with Crippen molar-refractivity contribution in [3.8, 4) is 0 Å². The minimum Gasteiger partial charge on any atom is -0.322 e. The predicted octanol–water partition coefficient (Wildman–Crippen LogP) is 6.61. The maximum atomic E-state index is 5.85. The predicted molar refractivity (Wildman–Crippen MR) is 102 cm³/mol. The average Bonchev–Trinajstić information content (AvgIpc) is 2.47. The highest BCUT2D eigenvalue weighted by Gasteiger charge is 2.18. The van der Waals surface area contributed by atoms with Gasteiger partial charge >= 0.3 is 0 Å². The number of rotatable bonds is 14. The fourth-order valence-corrected chi connectivity index (χ4v) is 3.87. The lowest BCUT2D eigenvalue weighted by molar-refractivity contribution is 0.189. The first-order chi connectivity index (χ1) is 9.99. The first-order valence-corrected chi connectivity index (χ1v) is 12.4. The smallest absolute Gasteiger partial charge is 0.244 e. The van der Waals surface area contributed by atoms with Crippen molar-refractivity contribution in [3.05, 3.63) is 0 Å². The van der Waals surface area contributed by atoms with Gasteiger partial charge in [0.2, 0.25) is 5.69 Å². The van der Waals surface area contributed by atoms with E-state index in [0.29, 0.717) is 25.0 Å². The standard InChI is InChI=1S/C16H35O2PS2/c1-5-9-11-15(7-3)13-17-19(20,21)18-14-16(8-4)12-10-6-2/h15-16H,5-14H2,1-4H3,(H,20,21). The van der Waals surface area contributed by atoms with Crippen molar-refractivity contribution < 1.29 is 9.05 Å². The highest BCUT2D eigenvalue weighted by atomic mass is 32.9. The zero-order valence-corrected chi connectivity index (χ0v) is 17.0. The summed E-state index contributed by atoms with van der Waals surface area (Å²) < 4.78 is 11.7. The summed E-state index contributed by atoms with van der Waals surface area (Å²) in [5.41, 5.74) is -2.36.